The molecule has 0 atom stereocenters. The molecule has 0 amide bonds. The Hall–Kier alpha value is -18.2. The van der Waals surface area contributed by atoms with Gasteiger partial charge in [-0.1, -0.05) is 273 Å². The highest BCUT2D eigenvalue weighted by Crippen LogP contribution is 2.50. The molecular formula is C127H80N4O5. The Labute approximate surface area is 782 Å². The number of furan rings is 5. The minimum Gasteiger partial charge on any atom is -0.456 e. The van der Waals surface area contributed by atoms with Crippen molar-refractivity contribution in [3.8, 4) is 77.9 Å². The lowest BCUT2D eigenvalue weighted by Crippen LogP contribution is -2.14. The van der Waals surface area contributed by atoms with Gasteiger partial charge in [0.15, 0.2) is 0 Å². The van der Waals surface area contributed by atoms with Gasteiger partial charge in [-0.2, -0.15) is 0 Å². The van der Waals surface area contributed by atoms with Crippen molar-refractivity contribution in [2.45, 2.75) is 6.42 Å². The zero-order chi connectivity index (χ0) is 89.4. The zero-order valence-corrected chi connectivity index (χ0v) is 73.6. The number of nitrogens with zero attached hydrogens (tertiary/aromatic N) is 4. The molecule has 5 aromatic heterocycles. The molecule has 5 heterocycles. The van der Waals surface area contributed by atoms with Gasteiger partial charge >= 0.3 is 0 Å². The van der Waals surface area contributed by atoms with E-state index in [1.807, 2.05) is 60.7 Å². The van der Waals surface area contributed by atoms with E-state index in [9.17, 15) is 0 Å². The third-order valence-corrected chi connectivity index (χ3v) is 27.5. The van der Waals surface area contributed by atoms with E-state index in [0.717, 1.165) is 246 Å². The summed E-state index contributed by atoms with van der Waals surface area (Å²) in [7, 11) is 0. The second-order valence-electron chi connectivity index (χ2n) is 35.3. The fourth-order valence-corrected chi connectivity index (χ4v) is 20.9. The first-order chi connectivity index (χ1) is 67.3. The highest BCUT2D eigenvalue weighted by Gasteiger charge is 2.26. The predicted octanol–water partition coefficient (Wildman–Crippen LogP) is 36.6. The van der Waals surface area contributed by atoms with Crippen molar-refractivity contribution in [2.24, 2.45) is 0 Å². The molecule has 0 unspecified atom stereocenters. The molecule has 638 valence electrons. The van der Waals surface area contributed by atoms with E-state index in [1.54, 1.807) is 0 Å². The molecule has 1 aliphatic carbocycles. The van der Waals surface area contributed by atoms with Gasteiger partial charge < -0.3 is 41.7 Å². The lowest BCUT2D eigenvalue weighted by molar-refractivity contribution is 0.668. The van der Waals surface area contributed by atoms with Crippen LogP contribution in [0.3, 0.4) is 0 Å². The molecule has 0 N–H and O–H groups in total. The summed E-state index contributed by atoms with van der Waals surface area (Å²) in [6.07, 6.45) is 0.924. The van der Waals surface area contributed by atoms with Crippen LogP contribution in [0.25, 0.3) is 188 Å². The van der Waals surface area contributed by atoms with Crippen LogP contribution >= 0.6 is 0 Å². The Morgan fingerprint density at radius 2 is 0.346 bits per heavy atom. The van der Waals surface area contributed by atoms with E-state index >= 15 is 0 Å². The number of hydrogen-bond donors (Lipinski definition) is 0. The van der Waals surface area contributed by atoms with E-state index < -0.39 is 0 Å². The molecule has 136 heavy (non-hydrogen) atoms. The predicted molar refractivity (Wildman–Crippen MR) is 562 cm³/mol. The minimum atomic E-state index is 0.857. The summed E-state index contributed by atoms with van der Waals surface area (Å²) < 4.78 is 32.8. The minimum absolute atomic E-state index is 0.857. The number of benzene rings is 21. The molecule has 1 aliphatic rings. The molecule has 0 saturated carbocycles. The Bertz CT molecular complexity index is 8800. The van der Waals surface area contributed by atoms with Crippen LogP contribution in [0, 0.1) is 0 Å². The van der Waals surface area contributed by atoms with Crippen molar-refractivity contribution in [3.05, 3.63) is 484 Å². The summed E-state index contributed by atoms with van der Waals surface area (Å²) in [4.78, 5) is 9.43. The molecule has 0 fully saturated rings. The molecule has 21 aromatic carbocycles. The van der Waals surface area contributed by atoms with Gasteiger partial charge in [0, 0.05) is 139 Å². The number of rotatable bonds is 18. The third kappa shape index (κ3) is 13.3. The maximum Gasteiger partial charge on any atom is 0.143 e. The van der Waals surface area contributed by atoms with E-state index in [0.29, 0.717) is 0 Å². The topological polar surface area (TPSA) is 78.7 Å². The second-order valence-corrected chi connectivity index (χ2v) is 35.3. The summed E-state index contributed by atoms with van der Waals surface area (Å²) in [6.45, 7) is 0. The molecule has 0 bridgehead atoms. The molecule has 0 saturated heterocycles. The smallest absolute Gasteiger partial charge is 0.143 e. The van der Waals surface area contributed by atoms with Crippen LogP contribution in [0.5, 0.6) is 0 Å². The van der Waals surface area contributed by atoms with Gasteiger partial charge in [0.1, 0.15) is 55.8 Å². The average Bonchev–Trinajstić information content (AvgIpc) is 1.77. The van der Waals surface area contributed by atoms with Gasteiger partial charge in [-0.05, 0) is 279 Å². The van der Waals surface area contributed by atoms with Gasteiger partial charge in [0.2, 0.25) is 0 Å². The number of anilines is 12. The fraction of sp³-hybridized carbons (Fsp3) is 0.00787. The number of fused-ring (bicyclic) bond motifs is 18. The largest absolute Gasteiger partial charge is 0.456 e. The normalized spacial score (nSPS) is 11.9. The van der Waals surface area contributed by atoms with Gasteiger partial charge in [0.05, 0.1) is 0 Å². The Morgan fingerprint density at radius 1 is 0.132 bits per heavy atom. The molecule has 27 rings (SSSR count). The highest BCUT2D eigenvalue weighted by atomic mass is 16.3. The van der Waals surface area contributed by atoms with Crippen LogP contribution in [0.4, 0.5) is 68.2 Å². The van der Waals surface area contributed by atoms with Crippen molar-refractivity contribution < 1.29 is 22.1 Å². The van der Waals surface area contributed by atoms with Gasteiger partial charge in [-0.25, -0.2) is 0 Å². The molecule has 9 nitrogen and oxygen atoms in total. The quantitative estimate of drug-likeness (QED) is 0.0835. The summed E-state index contributed by atoms with van der Waals surface area (Å²) in [6, 6.07) is 170. The lowest BCUT2D eigenvalue weighted by Gasteiger charge is -2.30. The van der Waals surface area contributed by atoms with E-state index in [2.05, 4.69) is 432 Å². The van der Waals surface area contributed by atoms with E-state index in [4.69, 9.17) is 22.1 Å². The molecule has 0 spiro atoms. The Morgan fingerprint density at radius 3 is 0.662 bits per heavy atom. The zero-order valence-electron chi connectivity index (χ0n) is 73.6. The maximum absolute atomic E-state index is 6.65. The molecule has 0 aliphatic heterocycles. The Kier molecular flexibility index (Phi) is 18.2. The van der Waals surface area contributed by atoms with Crippen molar-refractivity contribution in [2.75, 3.05) is 19.6 Å². The fourth-order valence-electron chi connectivity index (χ4n) is 20.9. The maximum atomic E-state index is 6.65. The monoisotopic (exact) mass is 1740 g/mol. The molecular weight excluding hydrogens is 1660 g/mol. The van der Waals surface area contributed by atoms with Crippen LogP contribution in [0.1, 0.15) is 11.1 Å². The first-order valence-electron chi connectivity index (χ1n) is 46.2. The summed E-state index contributed by atoms with van der Waals surface area (Å²) in [5.74, 6) is 0. The van der Waals surface area contributed by atoms with Crippen molar-refractivity contribution in [1.82, 2.24) is 0 Å². The first-order valence-corrected chi connectivity index (χ1v) is 46.2. The summed E-state index contributed by atoms with van der Waals surface area (Å²) in [5, 5.41) is 11.0. The van der Waals surface area contributed by atoms with E-state index in [-0.39, 0.29) is 0 Å². The second kappa shape index (κ2) is 31.8. The third-order valence-electron chi connectivity index (χ3n) is 27.5. The van der Waals surface area contributed by atoms with Gasteiger partial charge in [-0.3, -0.25) is 0 Å². The number of para-hydroxylation sites is 8. The van der Waals surface area contributed by atoms with Crippen molar-refractivity contribution >= 4 is 178 Å². The lowest BCUT2D eigenvalue weighted by atomic mass is 9.98. The van der Waals surface area contributed by atoms with Crippen LogP contribution in [-0.4, -0.2) is 0 Å². The summed E-state index contributed by atoms with van der Waals surface area (Å²) in [5.41, 5.74) is 38.7. The Balaban J connectivity index is 0.587. The van der Waals surface area contributed by atoms with Crippen LogP contribution in [0.15, 0.2) is 495 Å². The van der Waals surface area contributed by atoms with Crippen molar-refractivity contribution in [1.29, 1.82) is 0 Å². The molecule has 9 heteroatoms. The van der Waals surface area contributed by atoms with Gasteiger partial charge in [0.25, 0.3) is 0 Å². The van der Waals surface area contributed by atoms with Crippen molar-refractivity contribution in [3.63, 3.8) is 0 Å². The average molecular weight is 1740 g/mol. The van der Waals surface area contributed by atoms with Crippen LogP contribution in [0.2, 0.25) is 0 Å². The van der Waals surface area contributed by atoms with Gasteiger partial charge in [-0.15, -0.1) is 0 Å². The number of hydrogen-bond acceptors (Lipinski definition) is 9. The highest BCUT2D eigenvalue weighted by molar-refractivity contribution is 6.13. The molecule has 26 aromatic rings. The SMILES string of the molecule is c1ccc2c(c1)Cc1cc(-c3ccc(N(c4ccc(-c5cccc6c5oc5ccccc56)cc4)c4ccc(N(c5ccc(N(c6ccc(-c7ccc8c(c7)oc7ccccc78)cc6)c6ccc(-c7cccc8c7oc7ccccc78)cc6)cc5)c5ccc(N(c6ccc(-c7ccc8c(c7)oc7ccccc78)cc6)c6ccc(-c7cccc8c7oc7ccccc78)cc6)cc5)cc4)cc3)ccc1-2. The molecule has 0 radical (unpaired) electrons. The first kappa shape index (κ1) is 77.7. The standard InChI is InChI=1S/C127H80N4O5/c1-2-17-103-89(16-1)77-90-76-86(46-73-104(90)103)80-34-49-91(50-35-80)128(94-55-40-83(41-56-94)105-23-13-26-115-110-20-5-10-31-120(110)134-125(105)115)97-61-67-100(68-62-97)131(101-69-63-98(64-70-101)129(92-51-36-81(37-52-92)87-47-74-113-108-18-3-8-29-118(108)132-123(113)78-87)95-57-42-84(43-58-95)106-24-14-27-116-111-21-6-11-32-121(111)135-126(106)116)102-71-65-99(66-72-102)130(93-53-38-82(39-54-93)88-48-75-114-109-19-4-9-30-119(109)133-124(114)79-88)96-59-44-85(45-60-96)107-25-15-28-117-112-22-7-12-33-122(112)136-127(107)117/h1-76,78-79H,77H2. The van der Waals surface area contributed by atoms with Crippen LogP contribution in [-0.2, 0) is 6.42 Å². The van der Waals surface area contributed by atoms with Crippen LogP contribution < -0.4 is 19.6 Å². The summed E-state index contributed by atoms with van der Waals surface area (Å²) >= 11 is 0. The van der Waals surface area contributed by atoms with E-state index in [1.165, 1.54) is 27.8 Å².